The number of amides is 1. The lowest BCUT2D eigenvalue weighted by Crippen LogP contribution is -2.38. The summed E-state index contributed by atoms with van der Waals surface area (Å²) in [5.74, 6) is 1.20. The second kappa shape index (κ2) is 6.24. The van der Waals surface area contributed by atoms with Gasteiger partial charge in [-0.1, -0.05) is 20.3 Å². The fourth-order valence-electron chi connectivity index (χ4n) is 2.26. The van der Waals surface area contributed by atoms with Crippen molar-refractivity contribution in [2.75, 3.05) is 0 Å². The van der Waals surface area contributed by atoms with Gasteiger partial charge in [-0.2, -0.15) is 0 Å². The smallest absolute Gasteiger partial charge is 0.220 e. The van der Waals surface area contributed by atoms with E-state index in [4.69, 9.17) is 5.73 Å². The third-order valence-electron chi connectivity index (χ3n) is 3.69. The van der Waals surface area contributed by atoms with E-state index in [9.17, 15) is 4.79 Å². The molecule has 1 fully saturated rings. The molecule has 0 heterocycles. The maximum Gasteiger partial charge on any atom is 0.220 e. The first-order valence-corrected chi connectivity index (χ1v) is 6.54. The maximum absolute atomic E-state index is 11.8. The summed E-state index contributed by atoms with van der Waals surface area (Å²) >= 11 is 0. The minimum absolute atomic E-state index is 0.195. The van der Waals surface area contributed by atoms with Gasteiger partial charge in [-0.25, -0.2) is 0 Å². The van der Waals surface area contributed by atoms with E-state index >= 15 is 0 Å². The fourth-order valence-corrected chi connectivity index (χ4v) is 2.26. The molecule has 1 saturated carbocycles. The van der Waals surface area contributed by atoms with Gasteiger partial charge in [0.15, 0.2) is 0 Å². The third-order valence-corrected chi connectivity index (χ3v) is 3.69. The van der Waals surface area contributed by atoms with Crippen LogP contribution in [0.2, 0.25) is 0 Å². The number of carbonyl (C=O) groups is 1. The SMILES string of the molecule is CC(C)C(C)NC(=O)CC1CCCC(N)C1. The van der Waals surface area contributed by atoms with Crippen LogP contribution in [0.1, 0.15) is 52.9 Å². The van der Waals surface area contributed by atoms with Crippen LogP contribution in [0.25, 0.3) is 0 Å². The van der Waals surface area contributed by atoms with Crippen LogP contribution in [0.15, 0.2) is 0 Å². The molecule has 0 radical (unpaired) electrons. The Morgan fingerprint density at radius 3 is 2.62 bits per heavy atom. The predicted molar refractivity (Wildman–Crippen MR) is 67.0 cm³/mol. The summed E-state index contributed by atoms with van der Waals surface area (Å²) in [7, 11) is 0. The molecule has 0 bridgehead atoms. The first-order valence-electron chi connectivity index (χ1n) is 6.54. The molecule has 0 saturated heterocycles. The van der Waals surface area contributed by atoms with Crippen molar-refractivity contribution < 1.29 is 4.79 Å². The first kappa shape index (κ1) is 13.5. The first-order chi connectivity index (χ1) is 7.49. The average molecular weight is 226 g/mol. The summed E-state index contributed by atoms with van der Waals surface area (Å²) in [5, 5.41) is 3.06. The van der Waals surface area contributed by atoms with Gasteiger partial charge in [0.2, 0.25) is 5.91 Å². The minimum Gasteiger partial charge on any atom is -0.353 e. The minimum atomic E-state index is 0.195. The molecule has 3 unspecified atom stereocenters. The van der Waals surface area contributed by atoms with Crippen molar-refractivity contribution in [1.29, 1.82) is 0 Å². The van der Waals surface area contributed by atoms with Gasteiger partial charge in [0, 0.05) is 18.5 Å². The van der Waals surface area contributed by atoms with Gasteiger partial charge in [0.1, 0.15) is 0 Å². The molecule has 0 spiro atoms. The number of nitrogens with one attached hydrogen (secondary N) is 1. The van der Waals surface area contributed by atoms with Crippen molar-refractivity contribution in [1.82, 2.24) is 5.32 Å². The Morgan fingerprint density at radius 2 is 2.06 bits per heavy atom. The van der Waals surface area contributed by atoms with Crippen LogP contribution in [-0.4, -0.2) is 18.0 Å². The van der Waals surface area contributed by atoms with Crippen LogP contribution in [0.4, 0.5) is 0 Å². The number of hydrogen-bond acceptors (Lipinski definition) is 2. The zero-order chi connectivity index (χ0) is 12.1. The van der Waals surface area contributed by atoms with E-state index in [-0.39, 0.29) is 11.9 Å². The van der Waals surface area contributed by atoms with Crippen molar-refractivity contribution in [2.45, 2.75) is 65.0 Å². The van der Waals surface area contributed by atoms with Crippen LogP contribution < -0.4 is 11.1 Å². The molecular formula is C13H26N2O. The van der Waals surface area contributed by atoms with Crippen LogP contribution in [0, 0.1) is 11.8 Å². The van der Waals surface area contributed by atoms with Gasteiger partial charge in [-0.15, -0.1) is 0 Å². The normalized spacial score (nSPS) is 27.8. The zero-order valence-electron chi connectivity index (χ0n) is 10.8. The monoisotopic (exact) mass is 226 g/mol. The zero-order valence-corrected chi connectivity index (χ0v) is 10.8. The summed E-state index contributed by atoms with van der Waals surface area (Å²) in [6.07, 6.45) is 5.14. The molecule has 1 rings (SSSR count). The molecule has 3 atom stereocenters. The summed E-state index contributed by atoms with van der Waals surface area (Å²) in [6, 6.07) is 0.582. The van der Waals surface area contributed by atoms with Crippen molar-refractivity contribution in [3.05, 3.63) is 0 Å². The Bertz CT molecular complexity index is 228. The number of nitrogens with two attached hydrogens (primary N) is 1. The lowest BCUT2D eigenvalue weighted by molar-refractivity contribution is -0.123. The van der Waals surface area contributed by atoms with Crippen molar-refractivity contribution in [2.24, 2.45) is 17.6 Å². The summed E-state index contributed by atoms with van der Waals surface area (Å²) in [6.45, 7) is 6.32. The Balaban J connectivity index is 2.28. The Labute approximate surface area is 99.2 Å². The molecule has 1 amide bonds. The molecule has 0 aliphatic heterocycles. The molecule has 94 valence electrons. The number of carbonyl (C=O) groups excluding carboxylic acids is 1. The van der Waals surface area contributed by atoms with E-state index in [1.54, 1.807) is 0 Å². The second-order valence-electron chi connectivity index (χ2n) is 5.60. The average Bonchev–Trinajstić information content (AvgIpc) is 2.16. The summed E-state index contributed by atoms with van der Waals surface area (Å²) in [4.78, 5) is 11.8. The molecule has 3 N–H and O–H groups in total. The van der Waals surface area contributed by atoms with E-state index in [1.165, 1.54) is 6.42 Å². The lowest BCUT2D eigenvalue weighted by atomic mass is 9.84. The highest BCUT2D eigenvalue weighted by Gasteiger charge is 2.22. The maximum atomic E-state index is 11.8. The van der Waals surface area contributed by atoms with Gasteiger partial charge in [0.05, 0.1) is 0 Å². The number of hydrogen-bond donors (Lipinski definition) is 2. The lowest BCUT2D eigenvalue weighted by Gasteiger charge is -2.27. The predicted octanol–water partition coefficient (Wildman–Crippen LogP) is 2.05. The fraction of sp³-hybridized carbons (Fsp3) is 0.923. The molecule has 1 aliphatic rings. The Hall–Kier alpha value is -0.570. The van der Waals surface area contributed by atoms with E-state index in [2.05, 4.69) is 26.1 Å². The van der Waals surface area contributed by atoms with Gasteiger partial charge in [0.25, 0.3) is 0 Å². The van der Waals surface area contributed by atoms with E-state index in [1.807, 2.05) is 0 Å². The molecular weight excluding hydrogens is 200 g/mol. The van der Waals surface area contributed by atoms with Crippen LogP contribution >= 0.6 is 0 Å². The Kier molecular flexibility index (Phi) is 5.26. The highest BCUT2D eigenvalue weighted by atomic mass is 16.1. The second-order valence-corrected chi connectivity index (χ2v) is 5.60. The van der Waals surface area contributed by atoms with Crippen LogP contribution in [0.5, 0.6) is 0 Å². The van der Waals surface area contributed by atoms with Crippen molar-refractivity contribution >= 4 is 5.91 Å². The third kappa shape index (κ3) is 4.52. The molecule has 0 aromatic heterocycles. The molecule has 0 aromatic carbocycles. The largest absolute Gasteiger partial charge is 0.353 e. The van der Waals surface area contributed by atoms with Crippen molar-refractivity contribution in [3.8, 4) is 0 Å². The number of rotatable bonds is 4. The molecule has 0 aromatic rings. The van der Waals surface area contributed by atoms with Crippen LogP contribution in [0.3, 0.4) is 0 Å². The van der Waals surface area contributed by atoms with Crippen LogP contribution in [-0.2, 0) is 4.79 Å². The quantitative estimate of drug-likeness (QED) is 0.771. The molecule has 1 aliphatic carbocycles. The van der Waals surface area contributed by atoms with E-state index < -0.39 is 0 Å². The highest BCUT2D eigenvalue weighted by Crippen LogP contribution is 2.25. The highest BCUT2D eigenvalue weighted by molar-refractivity contribution is 5.76. The molecule has 16 heavy (non-hydrogen) atoms. The molecule has 3 nitrogen and oxygen atoms in total. The summed E-state index contributed by atoms with van der Waals surface area (Å²) < 4.78 is 0. The van der Waals surface area contributed by atoms with Gasteiger partial charge < -0.3 is 11.1 Å². The van der Waals surface area contributed by atoms with Gasteiger partial charge >= 0.3 is 0 Å². The van der Waals surface area contributed by atoms with Gasteiger partial charge in [-0.3, -0.25) is 4.79 Å². The Morgan fingerprint density at radius 1 is 1.38 bits per heavy atom. The summed E-state index contributed by atoms with van der Waals surface area (Å²) in [5.41, 5.74) is 5.92. The molecule has 3 heteroatoms. The van der Waals surface area contributed by atoms with Gasteiger partial charge in [-0.05, 0) is 38.0 Å². The topological polar surface area (TPSA) is 55.1 Å². The van der Waals surface area contributed by atoms with E-state index in [0.717, 1.165) is 19.3 Å². The van der Waals surface area contributed by atoms with E-state index in [0.29, 0.717) is 24.3 Å². The standard InChI is InChI=1S/C13H26N2O/c1-9(2)10(3)15-13(16)8-11-5-4-6-12(14)7-11/h9-12H,4-8,14H2,1-3H3,(H,15,16). The van der Waals surface area contributed by atoms with Crippen molar-refractivity contribution in [3.63, 3.8) is 0 Å².